The van der Waals surface area contributed by atoms with Gasteiger partial charge in [0.25, 0.3) is 0 Å². The molecule has 2 aromatic rings. The summed E-state index contributed by atoms with van der Waals surface area (Å²) in [7, 11) is 0. The van der Waals surface area contributed by atoms with Gasteiger partial charge in [-0.15, -0.1) is 0 Å². The average molecular weight is 383 g/mol. The molecule has 0 saturated carbocycles. The maximum atomic E-state index is 13.0. The van der Waals surface area contributed by atoms with Gasteiger partial charge in [-0.3, -0.25) is 9.59 Å². The maximum absolute atomic E-state index is 13.0. The zero-order valence-corrected chi connectivity index (χ0v) is 16.0. The van der Waals surface area contributed by atoms with Crippen LogP contribution in [0.2, 0.25) is 0 Å². The molecule has 0 aromatic heterocycles. The van der Waals surface area contributed by atoms with Crippen LogP contribution in [0.3, 0.4) is 0 Å². The Morgan fingerprint density at radius 2 is 1.46 bits per heavy atom. The number of hydrogen-bond donors (Lipinski definition) is 2. The van der Waals surface area contributed by atoms with Gasteiger partial charge in [0.1, 0.15) is 6.04 Å². The molecule has 0 fully saturated rings. The van der Waals surface area contributed by atoms with Gasteiger partial charge in [0.05, 0.1) is 18.4 Å². The van der Waals surface area contributed by atoms with E-state index in [9.17, 15) is 19.5 Å². The van der Waals surface area contributed by atoms with Crippen LogP contribution in [0.1, 0.15) is 37.3 Å². The van der Waals surface area contributed by atoms with E-state index in [2.05, 4.69) is 5.32 Å². The Labute approximate surface area is 164 Å². The largest absolute Gasteiger partial charge is 0.480 e. The zero-order valence-electron chi connectivity index (χ0n) is 16.0. The van der Waals surface area contributed by atoms with E-state index >= 15 is 0 Å². The Morgan fingerprint density at radius 1 is 0.964 bits per heavy atom. The van der Waals surface area contributed by atoms with Gasteiger partial charge in [-0.25, -0.2) is 4.79 Å². The summed E-state index contributed by atoms with van der Waals surface area (Å²) in [5.41, 5.74) is 1.52. The predicted octanol–water partition coefficient (Wildman–Crippen LogP) is 2.98. The van der Waals surface area contributed by atoms with E-state index in [1.807, 2.05) is 60.7 Å². The Morgan fingerprint density at radius 3 is 1.89 bits per heavy atom. The third-order valence-electron chi connectivity index (χ3n) is 4.42. The molecule has 0 radical (unpaired) electrons. The van der Waals surface area contributed by atoms with Crippen molar-refractivity contribution in [3.8, 4) is 0 Å². The molecule has 148 valence electrons. The first-order valence-electron chi connectivity index (χ1n) is 9.23. The molecule has 0 aliphatic rings. The number of carboxylic acid groups (broad SMARTS) is 1. The average Bonchev–Trinajstić information content (AvgIpc) is 2.69. The lowest BCUT2D eigenvalue weighted by Gasteiger charge is -2.22. The predicted molar refractivity (Wildman–Crippen MR) is 105 cm³/mol. The molecule has 0 aliphatic heterocycles. The molecular weight excluding hydrogens is 358 g/mol. The van der Waals surface area contributed by atoms with Crippen molar-refractivity contribution >= 4 is 17.8 Å². The van der Waals surface area contributed by atoms with Gasteiger partial charge >= 0.3 is 11.9 Å². The standard InChI is InChI=1S/C22H25NO5/c1-3-28-22(27)15(2)14-18(21(25)26)23-20(24)19(16-10-6-4-7-11-16)17-12-8-5-9-13-17/h4-13,15,18-19H,3,14H2,1-2H3,(H,23,24)(H,25,26)/t15-,18-/m0/s1. The Bertz CT molecular complexity index is 752. The van der Waals surface area contributed by atoms with Crippen LogP contribution < -0.4 is 5.32 Å². The van der Waals surface area contributed by atoms with E-state index in [1.54, 1.807) is 13.8 Å². The second kappa shape index (κ2) is 10.3. The van der Waals surface area contributed by atoms with Gasteiger partial charge in [0, 0.05) is 0 Å². The first-order valence-corrected chi connectivity index (χ1v) is 9.23. The number of hydrogen-bond acceptors (Lipinski definition) is 4. The monoisotopic (exact) mass is 383 g/mol. The number of aliphatic carboxylic acids is 1. The smallest absolute Gasteiger partial charge is 0.326 e. The second-order valence-corrected chi connectivity index (χ2v) is 6.54. The number of esters is 1. The molecule has 2 N–H and O–H groups in total. The first-order chi connectivity index (χ1) is 13.4. The van der Waals surface area contributed by atoms with Gasteiger partial charge in [0.2, 0.25) is 5.91 Å². The van der Waals surface area contributed by atoms with Gasteiger partial charge in [0.15, 0.2) is 0 Å². The SMILES string of the molecule is CCOC(=O)[C@@H](C)C[C@H](NC(=O)C(c1ccccc1)c1ccccc1)C(=O)O. The molecule has 0 unspecified atom stereocenters. The van der Waals surface area contributed by atoms with Crippen LogP contribution in [0, 0.1) is 5.92 Å². The minimum Gasteiger partial charge on any atom is -0.480 e. The lowest BCUT2D eigenvalue weighted by atomic mass is 9.90. The van der Waals surface area contributed by atoms with E-state index in [1.165, 1.54) is 0 Å². The van der Waals surface area contributed by atoms with Crippen molar-refractivity contribution in [2.45, 2.75) is 32.2 Å². The minimum atomic E-state index is -1.19. The van der Waals surface area contributed by atoms with Crippen molar-refractivity contribution in [2.75, 3.05) is 6.61 Å². The van der Waals surface area contributed by atoms with E-state index in [0.29, 0.717) is 0 Å². The number of carbonyl (C=O) groups excluding carboxylic acids is 2. The second-order valence-electron chi connectivity index (χ2n) is 6.54. The van der Waals surface area contributed by atoms with Crippen molar-refractivity contribution in [3.63, 3.8) is 0 Å². The van der Waals surface area contributed by atoms with E-state index in [4.69, 9.17) is 4.74 Å². The quantitative estimate of drug-likeness (QED) is 0.650. The number of nitrogens with one attached hydrogen (secondary N) is 1. The summed E-state index contributed by atoms with van der Waals surface area (Å²) < 4.78 is 4.93. The summed E-state index contributed by atoms with van der Waals surface area (Å²) in [6.45, 7) is 3.49. The number of carbonyl (C=O) groups is 3. The van der Waals surface area contributed by atoms with Crippen molar-refractivity contribution in [3.05, 3.63) is 71.8 Å². The lowest BCUT2D eigenvalue weighted by Crippen LogP contribution is -2.44. The summed E-state index contributed by atoms with van der Waals surface area (Å²) in [5.74, 6) is -3.40. The molecule has 6 nitrogen and oxygen atoms in total. The fourth-order valence-corrected chi connectivity index (χ4v) is 3.00. The van der Waals surface area contributed by atoms with E-state index in [-0.39, 0.29) is 13.0 Å². The summed E-state index contributed by atoms with van der Waals surface area (Å²) in [5, 5.41) is 12.1. The van der Waals surface area contributed by atoms with Crippen molar-refractivity contribution in [1.82, 2.24) is 5.32 Å². The van der Waals surface area contributed by atoms with E-state index in [0.717, 1.165) is 11.1 Å². The molecular formula is C22H25NO5. The van der Waals surface area contributed by atoms with Crippen molar-refractivity contribution in [2.24, 2.45) is 5.92 Å². The van der Waals surface area contributed by atoms with Crippen LogP contribution in [0.15, 0.2) is 60.7 Å². The molecule has 6 heteroatoms. The third kappa shape index (κ3) is 5.67. The molecule has 1 amide bonds. The van der Waals surface area contributed by atoms with Crippen LogP contribution in [0.25, 0.3) is 0 Å². The normalized spacial score (nSPS) is 12.8. The summed E-state index contributed by atoms with van der Waals surface area (Å²) in [4.78, 5) is 36.6. The Kier molecular flexibility index (Phi) is 7.75. The highest BCUT2D eigenvalue weighted by Crippen LogP contribution is 2.25. The summed E-state index contributed by atoms with van der Waals surface area (Å²) in [6.07, 6.45) is -0.0454. The number of rotatable bonds is 9. The molecule has 2 aromatic carbocycles. The third-order valence-corrected chi connectivity index (χ3v) is 4.42. The molecule has 28 heavy (non-hydrogen) atoms. The Balaban J connectivity index is 2.23. The van der Waals surface area contributed by atoms with Crippen LogP contribution in [-0.2, 0) is 19.1 Å². The van der Waals surface area contributed by atoms with Gasteiger partial charge in [-0.1, -0.05) is 67.6 Å². The molecule has 2 rings (SSSR count). The fourth-order valence-electron chi connectivity index (χ4n) is 3.00. The van der Waals surface area contributed by atoms with Gasteiger partial charge < -0.3 is 15.2 Å². The van der Waals surface area contributed by atoms with Crippen LogP contribution >= 0.6 is 0 Å². The molecule has 0 bridgehead atoms. The molecule has 0 aliphatic carbocycles. The number of carboxylic acids is 1. The highest BCUT2D eigenvalue weighted by atomic mass is 16.5. The summed E-state index contributed by atoms with van der Waals surface area (Å²) in [6, 6.07) is 17.1. The zero-order chi connectivity index (χ0) is 20.5. The molecule has 0 saturated heterocycles. The highest BCUT2D eigenvalue weighted by molar-refractivity contribution is 5.90. The van der Waals surface area contributed by atoms with Crippen molar-refractivity contribution in [1.29, 1.82) is 0 Å². The summed E-state index contributed by atoms with van der Waals surface area (Å²) >= 11 is 0. The minimum absolute atomic E-state index is 0.0454. The number of amides is 1. The van der Waals surface area contributed by atoms with Crippen LogP contribution in [0.4, 0.5) is 0 Å². The Hall–Kier alpha value is -3.15. The molecule has 0 spiro atoms. The topological polar surface area (TPSA) is 92.7 Å². The van der Waals surface area contributed by atoms with E-state index < -0.39 is 35.7 Å². The number of ether oxygens (including phenoxy) is 1. The molecule has 0 heterocycles. The van der Waals surface area contributed by atoms with Crippen molar-refractivity contribution < 1.29 is 24.2 Å². The van der Waals surface area contributed by atoms with Crippen LogP contribution in [-0.4, -0.2) is 35.6 Å². The van der Waals surface area contributed by atoms with Crippen LogP contribution in [0.5, 0.6) is 0 Å². The van der Waals surface area contributed by atoms with Gasteiger partial charge in [-0.05, 0) is 24.5 Å². The first kappa shape index (κ1) is 21.2. The maximum Gasteiger partial charge on any atom is 0.326 e. The molecule has 2 atom stereocenters. The number of benzene rings is 2. The lowest BCUT2D eigenvalue weighted by molar-refractivity contribution is -0.149. The van der Waals surface area contributed by atoms with Gasteiger partial charge in [-0.2, -0.15) is 0 Å². The highest BCUT2D eigenvalue weighted by Gasteiger charge is 2.30. The fraction of sp³-hybridized carbons (Fsp3) is 0.318.